The number of fused-ring (bicyclic) bond motifs is 1. The second-order valence-electron chi connectivity index (χ2n) is 2.28. The van der Waals surface area contributed by atoms with Gasteiger partial charge in [-0.2, -0.15) is 0 Å². The Kier molecular flexibility index (Phi) is 2.21. The highest BCUT2D eigenvalue weighted by Gasteiger charge is 1.99. The average Bonchev–Trinajstić information content (AvgIpc) is 2.47. The summed E-state index contributed by atoms with van der Waals surface area (Å²) in [4.78, 5) is 17.3. The molecule has 0 fully saturated rings. The van der Waals surface area contributed by atoms with Crippen LogP contribution in [-0.2, 0) is 0 Å². The standard InChI is InChI=1S/C8H6N2O.H2O/c11-5-6-3-10-8-4-9-2-1-7(6)8;/h1-5,10H;1H2. The highest BCUT2D eigenvalue weighted by atomic mass is 16.1. The highest BCUT2D eigenvalue weighted by molar-refractivity contribution is 5.96. The van der Waals surface area contributed by atoms with Crippen LogP contribution in [0.15, 0.2) is 24.7 Å². The fourth-order valence-electron chi connectivity index (χ4n) is 1.09. The fraction of sp³-hybridized carbons (Fsp3) is 0. The van der Waals surface area contributed by atoms with Crippen molar-refractivity contribution in [2.24, 2.45) is 0 Å². The van der Waals surface area contributed by atoms with E-state index in [0.717, 1.165) is 17.2 Å². The van der Waals surface area contributed by atoms with E-state index in [4.69, 9.17) is 0 Å². The monoisotopic (exact) mass is 164 g/mol. The SMILES string of the molecule is O.O=Cc1c[nH]c2cnccc12. The molecule has 4 heteroatoms. The lowest BCUT2D eigenvalue weighted by Crippen LogP contribution is -1.74. The Bertz CT molecular complexity index is 395. The van der Waals surface area contributed by atoms with Gasteiger partial charge in [0.1, 0.15) is 0 Å². The van der Waals surface area contributed by atoms with E-state index in [9.17, 15) is 4.79 Å². The van der Waals surface area contributed by atoms with Crippen LogP contribution in [0, 0.1) is 0 Å². The predicted molar refractivity (Wildman–Crippen MR) is 45.1 cm³/mol. The number of hydrogen-bond donors (Lipinski definition) is 1. The van der Waals surface area contributed by atoms with Crippen molar-refractivity contribution in [3.63, 3.8) is 0 Å². The first-order valence-electron chi connectivity index (χ1n) is 3.28. The van der Waals surface area contributed by atoms with Crippen molar-refractivity contribution < 1.29 is 10.3 Å². The Morgan fingerprint density at radius 2 is 2.33 bits per heavy atom. The lowest BCUT2D eigenvalue weighted by molar-refractivity contribution is 0.112. The number of nitrogens with zero attached hydrogens (tertiary/aromatic N) is 1. The summed E-state index contributed by atoms with van der Waals surface area (Å²) in [6.45, 7) is 0. The van der Waals surface area contributed by atoms with Crippen molar-refractivity contribution in [1.82, 2.24) is 9.97 Å². The van der Waals surface area contributed by atoms with E-state index >= 15 is 0 Å². The third-order valence-corrected chi connectivity index (χ3v) is 1.64. The molecular formula is C8H8N2O2. The molecule has 2 heterocycles. The Balaban J connectivity index is 0.000000720. The van der Waals surface area contributed by atoms with Gasteiger partial charge >= 0.3 is 0 Å². The van der Waals surface area contributed by atoms with Crippen molar-refractivity contribution in [3.05, 3.63) is 30.2 Å². The maximum absolute atomic E-state index is 10.4. The van der Waals surface area contributed by atoms with Gasteiger partial charge in [0.15, 0.2) is 6.29 Å². The summed E-state index contributed by atoms with van der Waals surface area (Å²) >= 11 is 0. The van der Waals surface area contributed by atoms with E-state index < -0.39 is 0 Å². The van der Waals surface area contributed by atoms with Crippen LogP contribution >= 0.6 is 0 Å². The van der Waals surface area contributed by atoms with Crippen molar-refractivity contribution in [2.75, 3.05) is 0 Å². The van der Waals surface area contributed by atoms with Crippen LogP contribution in [0.25, 0.3) is 10.9 Å². The molecule has 62 valence electrons. The Hall–Kier alpha value is -1.68. The summed E-state index contributed by atoms with van der Waals surface area (Å²) in [5.74, 6) is 0. The van der Waals surface area contributed by atoms with Crippen molar-refractivity contribution in [2.45, 2.75) is 0 Å². The number of aldehydes is 1. The molecule has 0 radical (unpaired) electrons. The number of pyridine rings is 1. The Morgan fingerprint density at radius 1 is 1.50 bits per heavy atom. The Labute approximate surface area is 68.5 Å². The smallest absolute Gasteiger partial charge is 0.152 e. The maximum Gasteiger partial charge on any atom is 0.152 e. The van der Waals surface area contributed by atoms with E-state index in [0.29, 0.717) is 5.56 Å². The summed E-state index contributed by atoms with van der Waals surface area (Å²) in [6.07, 6.45) is 5.88. The normalized spacial score (nSPS) is 9.33. The van der Waals surface area contributed by atoms with Crippen LogP contribution in [0.5, 0.6) is 0 Å². The van der Waals surface area contributed by atoms with Crippen molar-refractivity contribution >= 4 is 17.2 Å². The van der Waals surface area contributed by atoms with Crippen LogP contribution in [0.3, 0.4) is 0 Å². The molecule has 3 N–H and O–H groups in total. The number of rotatable bonds is 1. The topological polar surface area (TPSA) is 77.2 Å². The maximum atomic E-state index is 10.4. The van der Waals surface area contributed by atoms with Crippen LogP contribution in [0.1, 0.15) is 10.4 Å². The zero-order valence-corrected chi connectivity index (χ0v) is 6.24. The molecular weight excluding hydrogens is 156 g/mol. The van der Waals surface area contributed by atoms with Gasteiger partial charge < -0.3 is 10.5 Å². The molecule has 2 aromatic rings. The average molecular weight is 164 g/mol. The van der Waals surface area contributed by atoms with E-state index in [1.54, 1.807) is 18.6 Å². The van der Waals surface area contributed by atoms with Gasteiger partial charge in [0.2, 0.25) is 0 Å². The molecule has 0 unspecified atom stereocenters. The first-order chi connectivity index (χ1) is 5.42. The minimum Gasteiger partial charge on any atom is -0.412 e. The third-order valence-electron chi connectivity index (χ3n) is 1.64. The zero-order valence-electron chi connectivity index (χ0n) is 6.24. The molecule has 0 saturated carbocycles. The number of aromatic amines is 1. The Morgan fingerprint density at radius 3 is 3.08 bits per heavy atom. The minimum absolute atomic E-state index is 0. The largest absolute Gasteiger partial charge is 0.412 e. The zero-order chi connectivity index (χ0) is 7.68. The van der Waals surface area contributed by atoms with Crippen molar-refractivity contribution in [1.29, 1.82) is 0 Å². The molecule has 0 aliphatic heterocycles. The molecule has 0 atom stereocenters. The van der Waals surface area contributed by atoms with E-state index in [1.165, 1.54) is 0 Å². The lowest BCUT2D eigenvalue weighted by Gasteiger charge is -1.85. The minimum atomic E-state index is 0. The van der Waals surface area contributed by atoms with Gasteiger partial charge in [-0.25, -0.2) is 0 Å². The van der Waals surface area contributed by atoms with E-state index in [1.807, 2.05) is 6.07 Å². The first-order valence-corrected chi connectivity index (χ1v) is 3.28. The van der Waals surface area contributed by atoms with Gasteiger partial charge in [0.25, 0.3) is 0 Å². The number of H-pyrrole nitrogens is 1. The van der Waals surface area contributed by atoms with Gasteiger partial charge in [-0.05, 0) is 6.07 Å². The number of hydrogen-bond acceptors (Lipinski definition) is 2. The van der Waals surface area contributed by atoms with Crippen LogP contribution in [0.2, 0.25) is 0 Å². The van der Waals surface area contributed by atoms with E-state index in [2.05, 4.69) is 9.97 Å². The molecule has 0 spiro atoms. The van der Waals surface area contributed by atoms with Gasteiger partial charge in [0.05, 0.1) is 11.7 Å². The summed E-state index contributed by atoms with van der Waals surface area (Å²) in [5, 5.41) is 0.926. The third kappa shape index (κ3) is 1.08. The summed E-state index contributed by atoms with van der Waals surface area (Å²) in [5.41, 5.74) is 1.58. The van der Waals surface area contributed by atoms with Crippen LogP contribution in [-0.4, -0.2) is 21.7 Å². The molecule has 4 nitrogen and oxygen atoms in total. The first kappa shape index (κ1) is 8.42. The second-order valence-corrected chi connectivity index (χ2v) is 2.28. The molecule has 0 aromatic carbocycles. The lowest BCUT2D eigenvalue weighted by atomic mass is 10.2. The quantitative estimate of drug-likeness (QED) is 0.625. The predicted octanol–water partition coefficient (Wildman–Crippen LogP) is 0.551. The summed E-state index contributed by atoms with van der Waals surface area (Å²) < 4.78 is 0. The molecule has 0 amide bonds. The van der Waals surface area contributed by atoms with Gasteiger partial charge in [-0.15, -0.1) is 0 Å². The molecule has 12 heavy (non-hydrogen) atoms. The molecule has 0 bridgehead atoms. The second kappa shape index (κ2) is 3.15. The van der Waals surface area contributed by atoms with Gasteiger partial charge in [0, 0.05) is 23.3 Å². The van der Waals surface area contributed by atoms with Crippen LogP contribution < -0.4 is 0 Å². The van der Waals surface area contributed by atoms with Crippen LogP contribution in [0.4, 0.5) is 0 Å². The molecule has 0 saturated heterocycles. The molecule has 2 aromatic heterocycles. The van der Waals surface area contributed by atoms with Gasteiger partial charge in [-0.3, -0.25) is 9.78 Å². The van der Waals surface area contributed by atoms with Crippen molar-refractivity contribution in [3.8, 4) is 0 Å². The number of carbonyl (C=O) groups excluding carboxylic acids is 1. The molecule has 0 aliphatic rings. The number of aromatic nitrogens is 2. The molecule has 0 aliphatic carbocycles. The van der Waals surface area contributed by atoms with Gasteiger partial charge in [-0.1, -0.05) is 0 Å². The fourth-order valence-corrected chi connectivity index (χ4v) is 1.09. The summed E-state index contributed by atoms with van der Waals surface area (Å²) in [6, 6.07) is 1.82. The molecule has 2 rings (SSSR count). The number of carbonyl (C=O) groups is 1. The summed E-state index contributed by atoms with van der Waals surface area (Å²) in [7, 11) is 0. The highest BCUT2D eigenvalue weighted by Crippen LogP contribution is 2.13. The van der Waals surface area contributed by atoms with E-state index in [-0.39, 0.29) is 5.48 Å². The number of nitrogens with one attached hydrogen (secondary N) is 1.